The first-order valence-corrected chi connectivity index (χ1v) is 6.57. The smallest absolute Gasteiger partial charge is 0.187 e. The number of benzene rings is 1. The van der Waals surface area contributed by atoms with Crippen LogP contribution in [-0.4, -0.2) is 11.0 Å². The van der Waals surface area contributed by atoms with E-state index in [4.69, 9.17) is 0 Å². The summed E-state index contributed by atoms with van der Waals surface area (Å²) < 4.78 is 0. The Hall–Kier alpha value is -2.13. The van der Waals surface area contributed by atoms with Gasteiger partial charge in [0.15, 0.2) is 5.78 Å². The van der Waals surface area contributed by atoms with E-state index in [1.54, 1.807) is 18.2 Å². The molecule has 0 atom stereocenters. The lowest BCUT2D eigenvalue weighted by Gasteiger charge is -2.20. The third kappa shape index (κ3) is 3.25. The van der Waals surface area contributed by atoms with E-state index >= 15 is 0 Å². The van der Waals surface area contributed by atoms with Crippen molar-refractivity contribution in [3.63, 3.8) is 0 Å². The molecule has 0 saturated heterocycles. The van der Waals surface area contributed by atoms with Crippen molar-refractivity contribution in [2.24, 2.45) is 0 Å². The number of allylic oxidation sites excluding steroid dienone is 5. The Bertz CT molecular complexity index is 586. The van der Waals surface area contributed by atoms with Crippen molar-refractivity contribution >= 4 is 11.5 Å². The zero-order valence-electron chi connectivity index (χ0n) is 12.0. The molecule has 0 fully saturated rings. The van der Waals surface area contributed by atoms with Gasteiger partial charge in [-0.2, -0.15) is 0 Å². The molecule has 3 heteroatoms. The van der Waals surface area contributed by atoms with Gasteiger partial charge < -0.3 is 0 Å². The van der Waals surface area contributed by atoms with Gasteiger partial charge in [0.25, 0.3) is 0 Å². The van der Waals surface area contributed by atoms with E-state index in [9.17, 15) is 10.0 Å². The summed E-state index contributed by atoms with van der Waals surface area (Å²) in [6.45, 7) is 6.41. The van der Waals surface area contributed by atoms with Gasteiger partial charge in [-0.25, -0.2) is 5.06 Å². The summed E-state index contributed by atoms with van der Waals surface area (Å²) in [5.74, 6) is -0.113. The third-order valence-corrected chi connectivity index (χ3v) is 3.18. The minimum atomic E-state index is -0.113. The second-order valence-electron chi connectivity index (χ2n) is 5.81. The predicted octanol–water partition coefficient (Wildman–Crippen LogP) is 3.76. The number of carbonyl (C=O) groups excluding carboxylic acids is 1. The van der Waals surface area contributed by atoms with Gasteiger partial charge in [-0.15, -0.1) is 0 Å². The highest BCUT2D eigenvalue weighted by atomic mass is 16.5. The molecule has 3 nitrogen and oxygen atoms in total. The van der Waals surface area contributed by atoms with Gasteiger partial charge in [0.2, 0.25) is 0 Å². The molecule has 0 amide bonds. The van der Waals surface area contributed by atoms with E-state index < -0.39 is 0 Å². The van der Waals surface area contributed by atoms with Gasteiger partial charge in [0, 0.05) is 11.8 Å². The van der Waals surface area contributed by atoms with Crippen molar-refractivity contribution in [2.75, 3.05) is 5.06 Å². The van der Waals surface area contributed by atoms with Crippen LogP contribution in [0.5, 0.6) is 0 Å². The number of rotatable bonds is 2. The first-order valence-electron chi connectivity index (χ1n) is 6.57. The Labute approximate surface area is 119 Å². The number of ketones is 1. The summed E-state index contributed by atoms with van der Waals surface area (Å²) in [6.07, 6.45) is 8.02. The Balaban J connectivity index is 2.20. The maximum Gasteiger partial charge on any atom is 0.187 e. The fourth-order valence-electron chi connectivity index (χ4n) is 1.91. The van der Waals surface area contributed by atoms with Crippen molar-refractivity contribution in [1.82, 2.24) is 0 Å². The number of carbonyl (C=O) groups is 1. The van der Waals surface area contributed by atoms with Crippen LogP contribution in [0, 0.1) is 0 Å². The van der Waals surface area contributed by atoms with Crippen LogP contribution in [0.25, 0.3) is 0 Å². The Morgan fingerprint density at radius 3 is 2.20 bits per heavy atom. The van der Waals surface area contributed by atoms with E-state index in [-0.39, 0.29) is 11.2 Å². The normalized spacial score (nSPS) is 16.8. The maximum absolute atomic E-state index is 11.6. The van der Waals surface area contributed by atoms with Crippen LogP contribution in [-0.2, 0) is 10.2 Å². The molecule has 1 aromatic carbocycles. The number of hydroxylamine groups is 1. The molecule has 0 spiro atoms. The van der Waals surface area contributed by atoms with Gasteiger partial charge >= 0.3 is 0 Å². The van der Waals surface area contributed by atoms with E-state index in [0.717, 1.165) is 5.06 Å². The summed E-state index contributed by atoms with van der Waals surface area (Å²) >= 11 is 0. The summed E-state index contributed by atoms with van der Waals surface area (Å²) in [7, 11) is 0. The standard InChI is InChI=1S/C17H19NO2/c1-17(2,3)14-8-10-15(11-9-14)18(20)12-13-6-4-5-7-16(13)19/h4-12,20H,1-3H3/b13-12-. The van der Waals surface area contributed by atoms with Crippen LogP contribution in [0.4, 0.5) is 5.69 Å². The van der Waals surface area contributed by atoms with Gasteiger partial charge in [0.1, 0.15) is 0 Å². The predicted molar refractivity (Wildman–Crippen MR) is 80.8 cm³/mol. The minimum Gasteiger partial charge on any atom is -0.289 e. The average Bonchev–Trinajstić information content (AvgIpc) is 2.40. The highest BCUT2D eigenvalue weighted by Crippen LogP contribution is 2.25. The monoisotopic (exact) mass is 269 g/mol. The van der Waals surface area contributed by atoms with Crippen LogP contribution in [0.2, 0.25) is 0 Å². The molecule has 0 bridgehead atoms. The fraction of sp³-hybridized carbons (Fsp3) is 0.235. The lowest BCUT2D eigenvalue weighted by atomic mass is 9.87. The highest BCUT2D eigenvalue weighted by Gasteiger charge is 2.14. The van der Waals surface area contributed by atoms with Crippen LogP contribution in [0.1, 0.15) is 26.3 Å². The molecule has 0 aliphatic heterocycles. The number of hydrogen-bond donors (Lipinski definition) is 1. The zero-order chi connectivity index (χ0) is 14.8. The van der Waals surface area contributed by atoms with E-state index in [0.29, 0.717) is 11.3 Å². The van der Waals surface area contributed by atoms with Crippen LogP contribution >= 0.6 is 0 Å². The molecule has 0 radical (unpaired) electrons. The summed E-state index contributed by atoms with van der Waals surface area (Å²) in [6, 6.07) is 7.64. The fourth-order valence-corrected chi connectivity index (χ4v) is 1.91. The van der Waals surface area contributed by atoms with E-state index in [1.807, 2.05) is 24.3 Å². The second kappa shape index (κ2) is 5.47. The molecule has 0 saturated carbocycles. The number of hydrogen-bond acceptors (Lipinski definition) is 3. The van der Waals surface area contributed by atoms with Crippen molar-refractivity contribution in [3.8, 4) is 0 Å². The molecule has 2 rings (SSSR count). The largest absolute Gasteiger partial charge is 0.289 e. The molecule has 104 valence electrons. The second-order valence-corrected chi connectivity index (χ2v) is 5.81. The number of nitrogens with zero attached hydrogens (tertiary/aromatic N) is 1. The lowest BCUT2D eigenvalue weighted by Crippen LogP contribution is -2.14. The molecular formula is C17H19NO2. The van der Waals surface area contributed by atoms with E-state index in [1.165, 1.54) is 17.8 Å². The number of anilines is 1. The topological polar surface area (TPSA) is 40.5 Å². The third-order valence-electron chi connectivity index (χ3n) is 3.18. The Morgan fingerprint density at radius 1 is 1.05 bits per heavy atom. The SMILES string of the molecule is CC(C)(C)c1ccc(N(O)/C=C2/C=CC=CC2=O)cc1. The first-order chi connectivity index (χ1) is 9.38. The summed E-state index contributed by atoms with van der Waals surface area (Å²) in [5, 5.41) is 11.0. The minimum absolute atomic E-state index is 0.0736. The quantitative estimate of drug-likeness (QED) is 0.656. The Kier molecular flexibility index (Phi) is 3.91. The molecule has 1 aromatic rings. The van der Waals surface area contributed by atoms with Crippen molar-refractivity contribution in [1.29, 1.82) is 0 Å². The van der Waals surface area contributed by atoms with Crippen molar-refractivity contribution < 1.29 is 10.0 Å². The molecule has 1 aliphatic rings. The zero-order valence-corrected chi connectivity index (χ0v) is 12.0. The molecule has 0 unspecified atom stereocenters. The van der Waals surface area contributed by atoms with Gasteiger partial charge in [-0.05, 0) is 35.3 Å². The lowest BCUT2D eigenvalue weighted by molar-refractivity contribution is -0.111. The molecule has 20 heavy (non-hydrogen) atoms. The molecule has 1 aliphatic carbocycles. The van der Waals surface area contributed by atoms with E-state index in [2.05, 4.69) is 20.8 Å². The highest BCUT2D eigenvalue weighted by molar-refractivity contribution is 6.07. The molecular weight excluding hydrogens is 250 g/mol. The summed E-state index contributed by atoms with van der Waals surface area (Å²) in [5.41, 5.74) is 2.35. The maximum atomic E-state index is 11.6. The van der Waals surface area contributed by atoms with Crippen molar-refractivity contribution in [2.45, 2.75) is 26.2 Å². The first kappa shape index (κ1) is 14.3. The van der Waals surface area contributed by atoms with Gasteiger partial charge in [0.05, 0.1) is 5.69 Å². The van der Waals surface area contributed by atoms with Crippen LogP contribution < -0.4 is 5.06 Å². The molecule has 0 aromatic heterocycles. The summed E-state index contributed by atoms with van der Waals surface area (Å²) in [4.78, 5) is 11.6. The average molecular weight is 269 g/mol. The molecule has 0 heterocycles. The van der Waals surface area contributed by atoms with Gasteiger partial charge in [-0.3, -0.25) is 10.0 Å². The molecule has 1 N–H and O–H groups in total. The van der Waals surface area contributed by atoms with Crippen LogP contribution in [0.15, 0.2) is 60.3 Å². The Morgan fingerprint density at radius 2 is 1.65 bits per heavy atom. The van der Waals surface area contributed by atoms with Crippen LogP contribution in [0.3, 0.4) is 0 Å². The van der Waals surface area contributed by atoms with Crippen molar-refractivity contribution in [3.05, 3.63) is 65.9 Å². The van der Waals surface area contributed by atoms with Gasteiger partial charge in [-0.1, -0.05) is 45.1 Å².